The van der Waals surface area contributed by atoms with E-state index in [2.05, 4.69) is 21.6 Å². The van der Waals surface area contributed by atoms with Gasteiger partial charge in [0.25, 0.3) is 0 Å². The molecule has 0 bridgehead atoms. The molecule has 2 heterocycles. The summed E-state index contributed by atoms with van der Waals surface area (Å²) in [6.45, 7) is 0. The topological polar surface area (TPSA) is 83.6 Å². The van der Waals surface area contributed by atoms with Crippen LogP contribution < -0.4 is 5.32 Å². The van der Waals surface area contributed by atoms with E-state index < -0.39 is 0 Å². The quantitative estimate of drug-likeness (QED) is 0.281. The molecule has 1 N–H and O–H groups in total. The van der Waals surface area contributed by atoms with Gasteiger partial charge in [-0.05, 0) is 55.5 Å². The summed E-state index contributed by atoms with van der Waals surface area (Å²) in [6.07, 6.45) is 4.44. The standard InChI is InChI=1S/C26H22ClN5OS2/c27-21-12-6-4-11-19(21)24-30-31-26(32(24)17-8-2-1-3-9-17)34-15-14-23(33)29-25-20(16-28)18-10-5-7-13-22(18)35-25/h1-4,6,8-9,11-12H,5,7,10,13-15H2,(H,29,33). The van der Waals surface area contributed by atoms with Gasteiger partial charge < -0.3 is 5.32 Å². The smallest absolute Gasteiger partial charge is 0.225 e. The van der Waals surface area contributed by atoms with Crippen LogP contribution in [0.3, 0.4) is 0 Å². The van der Waals surface area contributed by atoms with Gasteiger partial charge in [0.1, 0.15) is 11.1 Å². The maximum Gasteiger partial charge on any atom is 0.225 e. The molecule has 176 valence electrons. The third kappa shape index (κ3) is 4.98. The number of aromatic nitrogens is 3. The van der Waals surface area contributed by atoms with E-state index in [0.29, 0.717) is 38.7 Å². The van der Waals surface area contributed by atoms with Crippen LogP contribution in [0.2, 0.25) is 5.02 Å². The number of rotatable bonds is 7. The Labute approximate surface area is 217 Å². The van der Waals surface area contributed by atoms with Crippen LogP contribution >= 0.6 is 34.7 Å². The fourth-order valence-corrected chi connectivity index (χ4v) is 6.55. The average Bonchev–Trinajstić information content (AvgIpc) is 3.45. The number of thiophene rings is 1. The molecule has 35 heavy (non-hydrogen) atoms. The van der Waals surface area contributed by atoms with Gasteiger partial charge >= 0.3 is 0 Å². The first-order valence-electron chi connectivity index (χ1n) is 11.4. The predicted octanol–water partition coefficient (Wildman–Crippen LogP) is 6.52. The van der Waals surface area contributed by atoms with Gasteiger partial charge in [0.05, 0.1) is 10.6 Å². The first-order valence-corrected chi connectivity index (χ1v) is 13.6. The van der Waals surface area contributed by atoms with Gasteiger partial charge in [-0.3, -0.25) is 9.36 Å². The van der Waals surface area contributed by atoms with Crippen LogP contribution in [0.4, 0.5) is 5.00 Å². The van der Waals surface area contributed by atoms with Crippen molar-refractivity contribution in [1.29, 1.82) is 5.26 Å². The highest BCUT2D eigenvalue weighted by molar-refractivity contribution is 7.99. The highest BCUT2D eigenvalue weighted by atomic mass is 35.5. The number of nitrogens with zero attached hydrogens (tertiary/aromatic N) is 4. The third-order valence-electron chi connectivity index (χ3n) is 5.86. The van der Waals surface area contributed by atoms with Gasteiger partial charge in [0.15, 0.2) is 11.0 Å². The Morgan fingerprint density at radius 3 is 2.69 bits per heavy atom. The van der Waals surface area contributed by atoms with Gasteiger partial charge in [0.2, 0.25) is 5.91 Å². The molecule has 0 aliphatic heterocycles. The summed E-state index contributed by atoms with van der Waals surface area (Å²) >= 11 is 9.46. The lowest BCUT2D eigenvalue weighted by atomic mass is 9.96. The van der Waals surface area contributed by atoms with Crippen molar-refractivity contribution in [3.63, 3.8) is 0 Å². The Kier molecular flexibility index (Phi) is 7.19. The fourth-order valence-electron chi connectivity index (χ4n) is 4.19. The van der Waals surface area contributed by atoms with E-state index in [4.69, 9.17) is 11.6 Å². The normalized spacial score (nSPS) is 12.7. The molecule has 1 aliphatic rings. The zero-order valence-electron chi connectivity index (χ0n) is 18.8. The number of para-hydroxylation sites is 1. The molecule has 0 unspecified atom stereocenters. The summed E-state index contributed by atoms with van der Waals surface area (Å²) in [7, 11) is 0. The van der Waals surface area contributed by atoms with E-state index >= 15 is 0 Å². The van der Waals surface area contributed by atoms with Crippen LogP contribution in [0.1, 0.15) is 35.3 Å². The van der Waals surface area contributed by atoms with Crippen molar-refractivity contribution in [2.45, 2.75) is 37.3 Å². The van der Waals surface area contributed by atoms with Crippen LogP contribution in [0.25, 0.3) is 17.1 Å². The monoisotopic (exact) mass is 519 g/mol. The molecular weight excluding hydrogens is 498 g/mol. The number of thioether (sulfide) groups is 1. The first kappa shape index (κ1) is 23.6. The number of amides is 1. The number of nitriles is 1. The molecular formula is C26H22ClN5OS2. The minimum Gasteiger partial charge on any atom is -0.317 e. The lowest BCUT2D eigenvalue weighted by molar-refractivity contribution is -0.115. The molecule has 9 heteroatoms. The van der Waals surface area contributed by atoms with Gasteiger partial charge in [-0.2, -0.15) is 5.26 Å². The van der Waals surface area contributed by atoms with Gasteiger partial charge in [-0.1, -0.05) is 53.7 Å². The van der Waals surface area contributed by atoms with Gasteiger partial charge in [0, 0.05) is 28.3 Å². The molecule has 0 radical (unpaired) electrons. The van der Waals surface area contributed by atoms with E-state index in [1.54, 1.807) is 11.3 Å². The minimum absolute atomic E-state index is 0.107. The van der Waals surface area contributed by atoms with Crippen molar-refractivity contribution in [3.8, 4) is 23.1 Å². The molecule has 5 rings (SSSR count). The van der Waals surface area contributed by atoms with Crippen molar-refractivity contribution >= 4 is 45.6 Å². The van der Waals surface area contributed by atoms with Crippen LogP contribution in [-0.2, 0) is 17.6 Å². The molecule has 0 spiro atoms. The van der Waals surface area contributed by atoms with Crippen LogP contribution in [0.15, 0.2) is 59.8 Å². The second-order valence-corrected chi connectivity index (χ2v) is 10.7. The molecule has 0 saturated heterocycles. The fraction of sp³-hybridized carbons (Fsp3) is 0.231. The third-order valence-corrected chi connectivity index (χ3v) is 8.33. The van der Waals surface area contributed by atoms with Crippen molar-refractivity contribution in [2.75, 3.05) is 11.1 Å². The molecule has 2 aromatic heterocycles. The average molecular weight is 520 g/mol. The molecule has 0 fully saturated rings. The molecule has 1 aliphatic carbocycles. The molecule has 1 amide bonds. The zero-order chi connectivity index (χ0) is 24.2. The van der Waals surface area contributed by atoms with E-state index in [1.165, 1.54) is 16.6 Å². The molecule has 0 atom stereocenters. The number of hydrogen-bond donors (Lipinski definition) is 1. The maximum atomic E-state index is 12.7. The lowest BCUT2D eigenvalue weighted by Crippen LogP contribution is -2.12. The number of aryl methyl sites for hydroxylation is 1. The van der Waals surface area contributed by atoms with Crippen LogP contribution in [-0.4, -0.2) is 26.4 Å². The number of carbonyl (C=O) groups excluding carboxylic acids is 1. The highest BCUT2D eigenvalue weighted by Gasteiger charge is 2.22. The Hall–Kier alpha value is -3.12. The van der Waals surface area contributed by atoms with Crippen LogP contribution in [0, 0.1) is 11.3 Å². The van der Waals surface area contributed by atoms with Crippen molar-refractivity contribution in [1.82, 2.24) is 14.8 Å². The summed E-state index contributed by atoms with van der Waals surface area (Å²) in [5.74, 6) is 1.06. The van der Waals surface area contributed by atoms with E-state index in [-0.39, 0.29) is 5.91 Å². The predicted molar refractivity (Wildman–Crippen MR) is 141 cm³/mol. The summed E-state index contributed by atoms with van der Waals surface area (Å²) in [6, 6.07) is 19.7. The Bertz CT molecular complexity index is 1410. The summed E-state index contributed by atoms with van der Waals surface area (Å²) in [5, 5.41) is 23.4. The number of nitrogens with one attached hydrogen (secondary N) is 1. The highest BCUT2D eigenvalue weighted by Crippen LogP contribution is 2.38. The Balaban J connectivity index is 1.32. The second kappa shape index (κ2) is 10.6. The van der Waals surface area contributed by atoms with E-state index in [9.17, 15) is 10.1 Å². The Morgan fingerprint density at radius 2 is 1.89 bits per heavy atom. The van der Waals surface area contributed by atoms with E-state index in [1.807, 2.05) is 59.2 Å². The number of halogens is 1. The van der Waals surface area contributed by atoms with Crippen LogP contribution in [0.5, 0.6) is 0 Å². The molecule has 4 aromatic rings. The largest absolute Gasteiger partial charge is 0.317 e. The summed E-state index contributed by atoms with van der Waals surface area (Å²) in [4.78, 5) is 14.0. The number of anilines is 1. The molecule has 0 saturated carbocycles. The first-order chi connectivity index (χ1) is 17.2. The SMILES string of the molecule is N#Cc1c(NC(=O)CCSc2nnc(-c3ccccc3Cl)n2-c2ccccc2)sc2c1CCCC2. The molecule has 6 nitrogen and oxygen atoms in total. The minimum atomic E-state index is -0.107. The van der Waals surface area contributed by atoms with Gasteiger partial charge in [-0.15, -0.1) is 21.5 Å². The lowest BCUT2D eigenvalue weighted by Gasteiger charge is -2.11. The molecule has 2 aromatic carbocycles. The Morgan fingerprint density at radius 1 is 1.11 bits per heavy atom. The number of benzene rings is 2. The summed E-state index contributed by atoms with van der Waals surface area (Å²) < 4.78 is 1.96. The van der Waals surface area contributed by atoms with Crippen molar-refractivity contribution < 1.29 is 4.79 Å². The number of carbonyl (C=O) groups is 1. The zero-order valence-corrected chi connectivity index (χ0v) is 21.2. The number of hydrogen-bond acceptors (Lipinski definition) is 6. The van der Waals surface area contributed by atoms with Gasteiger partial charge in [-0.25, -0.2) is 0 Å². The maximum absolute atomic E-state index is 12.7. The summed E-state index contributed by atoms with van der Waals surface area (Å²) in [5.41, 5.74) is 3.47. The van der Waals surface area contributed by atoms with Crippen molar-refractivity contribution in [2.24, 2.45) is 0 Å². The van der Waals surface area contributed by atoms with Crippen molar-refractivity contribution in [3.05, 3.63) is 75.6 Å². The second-order valence-electron chi connectivity index (χ2n) is 8.13. The van der Waals surface area contributed by atoms with E-state index in [0.717, 1.165) is 42.5 Å². The number of fused-ring (bicyclic) bond motifs is 1.